The van der Waals surface area contributed by atoms with Gasteiger partial charge >= 0.3 is 5.97 Å². The minimum absolute atomic E-state index is 0.00939. The molecule has 1 unspecified atom stereocenters. The fourth-order valence-electron chi connectivity index (χ4n) is 3.02. The van der Waals surface area contributed by atoms with E-state index in [1.165, 1.54) is 30.6 Å². The van der Waals surface area contributed by atoms with E-state index in [1.54, 1.807) is 12.1 Å². The Morgan fingerprint density at radius 3 is 2.85 bits per heavy atom. The Morgan fingerprint density at radius 1 is 1.35 bits per heavy atom. The summed E-state index contributed by atoms with van der Waals surface area (Å²) in [4.78, 5) is 25.5. The number of amides is 1. The topological polar surface area (TPSA) is 64.6 Å². The van der Waals surface area contributed by atoms with Gasteiger partial charge in [0.1, 0.15) is 5.00 Å². The zero-order valence-corrected chi connectivity index (χ0v) is 15.5. The number of thiophene rings is 1. The van der Waals surface area contributed by atoms with Crippen LogP contribution in [-0.4, -0.2) is 25.6 Å². The Morgan fingerprint density at radius 2 is 2.12 bits per heavy atom. The monoisotopic (exact) mass is 377 g/mol. The van der Waals surface area contributed by atoms with Crippen molar-refractivity contribution in [1.29, 1.82) is 0 Å². The first-order valence-corrected chi connectivity index (χ1v) is 9.21. The molecular formula is C19H20FNO4S. The Bertz CT molecular complexity index is 833. The van der Waals surface area contributed by atoms with Gasteiger partial charge in [0.2, 0.25) is 0 Å². The number of rotatable bonds is 5. The molecule has 0 fully saturated rings. The molecule has 0 spiro atoms. The molecule has 0 saturated heterocycles. The van der Waals surface area contributed by atoms with E-state index in [9.17, 15) is 14.0 Å². The van der Waals surface area contributed by atoms with E-state index in [0.717, 1.165) is 29.7 Å². The highest BCUT2D eigenvalue weighted by Gasteiger charge is 2.28. The number of para-hydroxylation sites is 1. The number of anilines is 1. The number of ether oxygens (including phenoxy) is 2. The minimum atomic E-state index is -0.531. The second kappa shape index (κ2) is 7.86. The van der Waals surface area contributed by atoms with Crippen molar-refractivity contribution in [2.75, 3.05) is 19.0 Å². The fraction of sp³-hybridized carbons (Fsp3) is 0.368. The first-order valence-electron chi connectivity index (χ1n) is 8.39. The van der Waals surface area contributed by atoms with Gasteiger partial charge in [-0.1, -0.05) is 19.1 Å². The van der Waals surface area contributed by atoms with Crippen LogP contribution in [0.15, 0.2) is 24.3 Å². The number of nitrogens with one attached hydrogen (secondary N) is 1. The van der Waals surface area contributed by atoms with Gasteiger partial charge in [-0.3, -0.25) is 4.79 Å². The van der Waals surface area contributed by atoms with Crippen LogP contribution in [0.4, 0.5) is 9.39 Å². The molecule has 0 bridgehead atoms. The molecule has 138 valence electrons. The van der Waals surface area contributed by atoms with Gasteiger partial charge in [-0.15, -0.1) is 11.3 Å². The highest BCUT2D eigenvalue weighted by atomic mass is 32.1. The number of benzene rings is 1. The Hall–Kier alpha value is -2.41. The van der Waals surface area contributed by atoms with E-state index < -0.39 is 17.7 Å². The summed E-state index contributed by atoms with van der Waals surface area (Å²) in [5.74, 6) is -0.890. The quantitative estimate of drug-likeness (QED) is 0.805. The number of esters is 1. The highest BCUT2D eigenvalue weighted by Crippen LogP contribution is 2.40. The molecule has 3 rings (SSSR count). The molecule has 1 atom stereocenters. The molecule has 1 aromatic carbocycles. The lowest BCUT2D eigenvalue weighted by molar-refractivity contribution is -0.118. The summed E-state index contributed by atoms with van der Waals surface area (Å²) in [7, 11) is 1.32. The van der Waals surface area contributed by atoms with E-state index in [0.29, 0.717) is 16.5 Å². The van der Waals surface area contributed by atoms with Gasteiger partial charge in [-0.25, -0.2) is 9.18 Å². The maximum absolute atomic E-state index is 13.6. The first-order chi connectivity index (χ1) is 12.5. The molecule has 1 aliphatic rings. The summed E-state index contributed by atoms with van der Waals surface area (Å²) in [6.07, 6.45) is 2.67. The number of halogens is 1. The standard InChI is InChI=1S/C19H20FNO4S/c1-11-7-8-12-15(9-11)26-18(17(12)19(23)24-2)21-16(22)10-25-14-6-4-3-5-13(14)20/h3-6,11H,7-10H2,1-2H3,(H,21,22). The Kier molecular flexibility index (Phi) is 5.56. The van der Waals surface area contributed by atoms with Crippen molar-refractivity contribution in [3.8, 4) is 5.75 Å². The molecule has 26 heavy (non-hydrogen) atoms. The SMILES string of the molecule is COC(=O)c1c(NC(=O)COc2ccccc2F)sc2c1CCC(C)C2. The molecule has 1 aliphatic carbocycles. The number of carbonyl (C=O) groups excluding carboxylic acids is 2. The lowest BCUT2D eigenvalue weighted by atomic mass is 9.88. The van der Waals surface area contributed by atoms with Gasteiger partial charge in [0.05, 0.1) is 12.7 Å². The summed E-state index contributed by atoms with van der Waals surface area (Å²) >= 11 is 1.40. The maximum atomic E-state index is 13.6. The number of carbonyl (C=O) groups is 2. The van der Waals surface area contributed by atoms with Crippen molar-refractivity contribution in [2.45, 2.75) is 26.2 Å². The number of fused-ring (bicyclic) bond motifs is 1. The smallest absolute Gasteiger partial charge is 0.341 e. The summed E-state index contributed by atoms with van der Waals surface area (Å²) in [5, 5.41) is 3.19. The van der Waals surface area contributed by atoms with Crippen LogP contribution in [0, 0.1) is 11.7 Å². The maximum Gasteiger partial charge on any atom is 0.341 e. The number of methoxy groups -OCH3 is 1. The molecule has 0 saturated carbocycles. The van der Waals surface area contributed by atoms with E-state index >= 15 is 0 Å². The second-order valence-electron chi connectivity index (χ2n) is 6.31. The average Bonchev–Trinajstić information content (AvgIpc) is 2.97. The van der Waals surface area contributed by atoms with Crippen molar-refractivity contribution in [3.05, 3.63) is 46.1 Å². The minimum Gasteiger partial charge on any atom is -0.481 e. The molecular weight excluding hydrogens is 357 g/mol. The van der Waals surface area contributed by atoms with Crippen molar-refractivity contribution in [1.82, 2.24) is 0 Å². The lowest BCUT2D eigenvalue weighted by Crippen LogP contribution is -2.21. The van der Waals surface area contributed by atoms with Crippen molar-refractivity contribution in [2.24, 2.45) is 5.92 Å². The van der Waals surface area contributed by atoms with Crippen molar-refractivity contribution < 1.29 is 23.5 Å². The van der Waals surface area contributed by atoms with E-state index in [4.69, 9.17) is 9.47 Å². The Labute approximate surface area is 155 Å². The highest BCUT2D eigenvalue weighted by molar-refractivity contribution is 7.17. The normalized spacial score (nSPS) is 15.9. The van der Waals surface area contributed by atoms with Gasteiger partial charge in [-0.2, -0.15) is 0 Å². The first kappa shape index (κ1) is 18.4. The predicted octanol–water partition coefficient (Wildman–Crippen LogP) is 3.82. The molecule has 0 radical (unpaired) electrons. The van der Waals surface area contributed by atoms with Crippen LogP contribution in [-0.2, 0) is 22.4 Å². The average molecular weight is 377 g/mol. The molecule has 5 nitrogen and oxygen atoms in total. The molecule has 2 aromatic rings. The van der Waals surface area contributed by atoms with Gasteiger partial charge in [0, 0.05) is 4.88 Å². The van der Waals surface area contributed by atoms with Gasteiger partial charge in [0.15, 0.2) is 18.2 Å². The van der Waals surface area contributed by atoms with Crippen molar-refractivity contribution >= 4 is 28.2 Å². The van der Waals surface area contributed by atoms with E-state index in [1.807, 2.05) is 0 Å². The summed E-state index contributed by atoms with van der Waals surface area (Å²) in [6, 6.07) is 5.88. The van der Waals surface area contributed by atoms with Crippen LogP contribution in [0.25, 0.3) is 0 Å². The van der Waals surface area contributed by atoms with Crippen molar-refractivity contribution in [3.63, 3.8) is 0 Å². The van der Waals surface area contributed by atoms with Gasteiger partial charge in [0.25, 0.3) is 5.91 Å². The Balaban J connectivity index is 1.75. The third kappa shape index (κ3) is 3.88. The fourth-order valence-corrected chi connectivity index (χ4v) is 4.44. The van der Waals surface area contributed by atoms with Crippen LogP contribution < -0.4 is 10.1 Å². The number of hydrogen-bond donors (Lipinski definition) is 1. The molecule has 1 N–H and O–H groups in total. The molecule has 1 aromatic heterocycles. The third-order valence-electron chi connectivity index (χ3n) is 4.35. The van der Waals surface area contributed by atoms with E-state index in [2.05, 4.69) is 12.2 Å². The van der Waals surface area contributed by atoms with Crippen LogP contribution in [0.5, 0.6) is 5.75 Å². The third-order valence-corrected chi connectivity index (χ3v) is 5.52. The second-order valence-corrected chi connectivity index (χ2v) is 7.42. The van der Waals surface area contributed by atoms with Gasteiger partial charge in [-0.05, 0) is 42.9 Å². The van der Waals surface area contributed by atoms with E-state index in [-0.39, 0.29) is 12.4 Å². The summed E-state index contributed by atoms with van der Waals surface area (Å²) in [6.45, 7) is 1.82. The van der Waals surface area contributed by atoms with Crippen LogP contribution in [0.1, 0.15) is 34.1 Å². The molecule has 0 aliphatic heterocycles. The molecule has 7 heteroatoms. The van der Waals surface area contributed by atoms with Crippen LogP contribution in [0.2, 0.25) is 0 Å². The van der Waals surface area contributed by atoms with Crippen LogP contribution in [0.3, 0.4) is 0 Å². The van der Waals surface area contributed by atoms with Gasteiger partial charge < -0.3 is 14.8 Å². The largest absolute Gasteiger partial charge is 0.481 e. The predicted molar refractivity (Wildman–Crippen MR) is 97.4 cm³/mol. The number of hydrogen-bond acceptors (Lipinski definition) is 5. The van der Waals surface area contributed by atoms with Crippen LogP contribution >= 0.6 is 11.3 Å². The molecule has 1 amide bonds. The lowest BCUT2D eigenvalue weighted by Gasteiger charge is -2.18. The molecule has 1 heterocycles. The zero-order chi connectivity index (χ0) is 18.7. The summed E-state index contributed by atoms with van der Waals surface area (Å²) < 4.78 is 23.7. The zero-order valence-electron chi connectivity index (χ0n) is 14.6. The summed E-state index contributed by atoms with van der Waals surface area (Å²) in [5.41, 5.74) is 1.39.